The molecule has 1 amide bonds. The molecule has 1 N–H and O–H groups in total. The van der Waals surface area contributed by atoms with Gasteiger partial charge in [-0.2, -0.15) is 0 Å². The summed E-state index contributed by atoms with van der Waals surface area (Å²) in [6.07, 6.45) is 0. The first-order valence-corrected chi connectivity index (χ1v) is 8.93. The van der Waals surface area contributed by atoms with Crippen LogP contribution in [0, 0.1) is 0 Å². The number of piperazine rings is 1. The van der Waals surface area contributed by atoms with Crippen LogP contribution in [0.4, 0.5) is 5.69 Å². The summed E-state index contributed by atoms with van der Waals surface area (Å²) >= 11 is 0. The van der Waals surface area contributed by atoms with Gasteiger partial charge in [0, 0.05) is 31.9 Å². The molecule has 0 bridgehead atoms. The Morgan fingerprint density at radius 3 is 2.30 bits per heavy atom. The molecule has 0 atom stereocenters. The van der Waals surface area contributed by atoms with E-state index in [0.717, 1.165) is 18.8 Å². The molecule has 4 rings (SSSR count). The standard InChI is InChI=1S/C20H20N4O3/c25-18(23-12-10-22(11-13-23)15-6-2-1-3-7-15)14-24-17-9-5-4-8-16(17)21-19(26)20(24)27/h1-9H,10-14H2,(H,21,26). The van der Waals surface area contributed by atoms with Gasteiger partial charge in [0.15, 0.2) is 0 Å². The molecule has 0 saturated carbocycles. The summed E-state index contributed by atoms with van der Waals surface area (Å²) in [6, 6.07) is 17.1. The fraction of sp³-hybridized carbons (Fsp3) is 0.250. The maximum atomic E-state index is 12.8. The zero-order chi connectivity index (χ0) is 18.8. The van der Waals surface area contributed by atoms with Crippen molar-refractivity contribution in [2.24, 2.45) is 0 Å². The molecule has 138 valence electrons. The van der Waals surface area contributed by atoms with Crippen molar-refractivity contribution in [1.82, 2.24) is 14.5 Å². The van der Waals surface area contributed by atoms with Crippen LogP contribution in [0.25, 0.3) is 11.0 Å². The molecule has 2 heterocycles. The van der Waals surface area contributed by atoms with E-state index < -0.39 is 11.1 Å². The molecular weight excluding hydrogens is 344 g/mol. The lowest BCUT2D eigenvalue weighted by Gasteiger charge is -2.36. The molecule has 2 aromatic carbocycles. The summed E-state index contributed by atoms with van der Waals surface area (Å²) in [7, 11) is 0. The number of hydrogen-bond acceptors (Lipinski definition) is 4. The molecule has 1 saturated heterocycles. The third kappa shape index (κ3) is 3.36. The highest BCUT2D eigenvalue weighted by Crippen LogP contribution is 2.16. The van der Waals surface area contributed by atoms with Crippen LogP contribution >= 0.6 is 0 Å². The van der Waals surface area contributed by atoms with E-state index >= 15 is 0 Å². The predicted octanol–water partition coefficient (Wildman–Crippen LogP) is 1.04. The monoisotopic (exact) mass is 364 g/mol. The van der Waals surface area contributed by atoms with E-state index in [2.05, 4.69) is 22.0 Å². The maximum Gasteiger partial charge on any atom is 0.317 e. The van der Waals surface area contributed by atoms with Crippen LogP contribution in [0.5, 0.6) is 0 Å². The number of carbonyl (C=O) groups excluding carboxylic acids is 1. The van der Waals surface area contributed by atoms with Crippen molar-refractivity contribution in [3.05, 3.63) is 75.3 Å². The largest absolute Gasteiger partial charge is 0.368 e. The van der Waals surface area contributed by atoms with Crippen LogP contribution in [0.2, 0.25) is 0 Å². The topological polar surface area (TPSA) is 78.4 Å². The number of nitrogens with zero attached hydrogens (tertiary/aromatic N) is 3. The molecule has 0 aliphatic carbocycles. The fourth-order valence-corrected chi connectivity index (χ4v) is 3.47. The summed E-state index contributed by atoms with van der Waals surface area (Å²) in [4.78, 5) is 43.5. The van der Waals surface area contributed by atoms with Gasteiger partial charge in [-0.05, 0) is 24.3 Å². The molecule has 0 radical (unpaired) electrons. The summed E-state index contributed by atoms with van der Waals surface area (Å²) in [5, 5.41) is 0. The maximum absolute atomic E-state index is 12.8. The van der Waals surface area contributed by atoms with Crippen molar-refractivity contribution >= 4 is 22.6 Å². The average Bonchev–Trinajstić information content (AvgIpc) is 2.72. The molecule has 0 spiro atoms. The molecule has 7 heteroatoms. The quantitative estimate of drug-likeness (QED) is 0.705. The first-order chi connectivity index (χ1) is 13.1. The highest BCUT2D eigenvalue weighted by atomic mass is 16.2. The van der Waals surface area contributed by atoms with Gasteiger partial charge in [-0.25, -0.2) is 0 Å². The second-order valence-electron chi connectivity index (χ2n) is 6.57. The lowest BCUT2D eigenvalue weighted by molar-refractivity contribution is -0.132. The van der Waals surface area contributed by atoms with E-state index in [-0.39, 0.29) is 12.5 Å². The molecule has 0 unspecified atom stereocenters. The Bertz CT molecular complexity index is 1080. The van der Waals surface area contributed by atoms with Gasteiger partial charge < -0.3 is 14.8 Å². The SMILES string of the molecule is O=C(Cn1c(=O)c(=O)[nH]c2ccccc21)N1CCN(c2ccccc2)CC1. The van der Waals surface area contributed by atoms with Gasteiger partial charge in [-0.1, -0.05) is 30.3 Å². The Labute approximate surface area is 155 Å². The van der Waals surface area contributed by atoms with E-state index in [1.807, 2.05) is 18.2 Å². The van der Waals surface area contributed by atoms with Crippen LogP contribution in [0.15, 0.2) is 64.2 Å². The van der Waals surface area contributed by atoms with Crippen molar-refractivity contribution in [2.75, 3.05) is 31.1 Å². The van der Waals surface area contributed by atoms with E-state index in [4.69, 9.17) is 0 Å². The smallest absolute Gasteiger partial charge is 0.317 e. The first kappa shape index (κ1) is 17.1. The summed E-state index contributed by atoms with van der Waals surface area (Å²) in [5.74, 6) is -0.152. The normalized spacial score (nSPS) is 14.5. The molecular formula is C20H20N4O3. The van der Waals surface area contributed by atoms with E-state index in [9.17, 15) is 14.4 Å². The lowest BCUT2D eigenvalue weighted by atomic mass is 10.2. The average molecular weight is 364 g/mol. The number of aromatic nitrogens is 2. The summed E-state index contributed by atoms with van der Waals surface area (Å²) in [5.41, 5.74) is 0.823. The van der Waals surface area contributed by atoms with E-state index in [1.165, 1.54) is 4.57 Å². The van der Waals surface area contributed by atoms with Gasteiger partial charge in [-0.3, -0.25) is 19.0 Å². The minimum Gasteiger partial charge on any atom is -0.368 e. The van der Waals surface area contributed by atoms with Crippen LogP contribution in [0.3, 0.4) is 0 Å². The minimum atomic E-state index is -0.713. The number of fused-ring (bicyclic) bond motifs is 1. The van der Waals surface area contributed by atoms with Crippen LogP contribution in [-0.4, -0.2) is 46.5 Å². The molecule has 1 aliphatic rings. The molecule has 1 aromatic heterocycles. The second-order valence-corrected chi connectivity index (χ2v) is 6.57. The Hall–Kier alpha value is -3.35. The number of aromatic amines is 1. The predicted molar refractivity (Wildman–Crippen MR) is 104 cm³/mol. The fourth-order valence-electron chi connectivity index (χ4n) is 3.47. The third-order valence-corrected chi connectivity index (χ3v) is 4.93. The number of hydrogen-bond donors (Lipinski definition) is 1. The number of nitrogens with one attached hydrogen (secondary N) is 1. The number of H-pyrrole nitrogens is 1. The van der Waals surface area contributed by atoms with Gasteiger partial charge in [0.1, 0.15) is 6.54 Å². The summed E-state index contributed by atoms with van der Waals surface area (Å²) in [6.45, 7) is 2.52. The lowest BCUT2D eigenvalue weighted by Crippen LogP contribution is -2.50. The first-order valence-electron chi connectivity index (χ1n) is 8.93. The minimum absolute atomic E-state index is 0.130. The Morgan fingerprint density at radius 1 is 0.889 bits per heavy atom. The van der Waals surface area contributed by atoms with Crippen molar-refractivity contribution in [3.63, 3.8) is 0 Å². The number of para-hydroxylation sites is 3. The Morgan fingerprint density at radius 2 is 1.56 bits per heavy atom. The van der Waals surface area contributed by atoms with E-state index in [1.54, 1.807) is 29.2 Å². The van der Waals surface area contributed by atoms with Crippen LogP contribution in [-0.2, 0) is 11.3 Å². The van der Waals surface area contributed by atoms with Crippen molar-refractivity contribution < 1.29 is 4.79 Å². The highest BCUT2D eigenvalue weighted by Gasteiger charge is 2.22. The molecule has 3 aromatic rings. The summed E-state index contributed by atoms with van der Waals surface area (Å²) < 4.78 is 1.26. The highest BCUT2D eigenvalue weighted by molar-refractivity contribution is 5.80. The Balaban J connectivity index is 1.51. The van der Waals surface area contributed by atoms with Gasteiger partial charge in [0.05, 0.1) is 11.0 Å². The number of amides is 1. The van der Waals surface area contributed by atoms with Crippen LogP contribution < -0.4 is 16.0 Å². The van der Waals surface area contributed by atoms with Gasteiger partial charge in [0.25, 0.3) is 0 Å². The zero-order valence-electron chi connectivity index (χ0n) is 14.8. The van der Waals surface area contributed by atoms with Gasteiger partial charge >= 0.3 is 11.1 Å². The second kappa shape index (κ2) is 7.11. The zero-order valence-corrected chi connectivity index (χ0v) is 14.8. The number of carbonyl (C=O) groups is 1. The molecule has 1 aliphatic heterocycles. The van der Waals surface area contributed by atoms with Gasteiger partial charge in [-0.15, -0.1) is 0 Å². The number of benzene rings is 2. The van der Waals surface area contributed by atoms with Crippen molar-refractivity contribution in [1.29, 1.82) is 0 Å². The molecule has 1 fully saturated rings. The van der Waals surface area contributed by atoms with Crippen LogP contribution in [0.1, 0.15) is 0 Å². The van der Waals surface area contributed by atoms with E-state index in [0.29, 0.717) is 24.1 Å². The number of rotatable bonds is 3. The number of anilines is 1. The van der Waals surface area contributed by atoms with Crippen molar-refractivity contribution in [2.45, 2.75) is 6.54 Å². The Kier molecular flexibility index (Phi) is 4.50. The third-order valence-electron chi connectivity index (χ3n) is 4.93. The molecule has 7 nitrogen and oxygen atoms in total. The van der Waals surface area contributed by atoms with Crippen molar-refractivity contribution in [3.8, 4) is 0 Å². The van der Waals surface area contributed by atoms with Gasteiger partial charge in [0.2, 0.25) is 5.91 Å². The molecule has 27 heavy (non-hydrogen) atoms.